The quantitative estimate of drug-likeness (QED) is 0.621. The van der Waals surface area contributed by atoms with Crippen LogP contribution in [0.1, 0.15) is 18.4 Å². The number of anilines is 1. The van der Waals surface area contributed by atoms with E-state index in [1.165, 1.54) is 23.1 Å². The molecule has 1 unspecified atom stereocenters. The molecule has 27 heavy (non-hydrogen) atoms. The smallest absolute Gasteiger partial charge is 0.271 e. The lowest BCUT2D eigenvalue weighted by Gasteiger charge is -2.28. The van der Waals surface area contributed by atoms with E-state index in [0.29, 0.717) is 12.3 Å². The van der Waals surface area contributed by atoms with E-state index in [-0.39, 0.29) is 36.4 Å². The van der Waals surface area contributed by atoms with Gasteiger partial charge in [0.05, 0.1) is 10.6 Å². The summed E-state index contributed by atoms with van der Waals surface area (Å²) in [6.45, 7) is 1.98. The van der Waals surface area contributed by atoms with Crippen molar-refractivity contribution in [3.05, 3.63) is 64.2 Å². The second-order valence-corrected chi connectivity index (χ2v) is 6.29. The predicted molar refractivity (Wildman–Crippen MR) is 98.8 cm³/mol. The van der Waals surface area contributed by atoms with Gasteiger partial charge in [-0.1, -0.05) is 37.3 Å². The van der Waals surface area contributed by atoms with E-state index in [2.05, 4.69) is 5.32 Å². The van der Waals surface area contributed by atoms with Crippen LogP contribution in [0.4, 0.5) is 11.4 Å². The second kappa shape index (κ2) is 7.86. The molecule has 0 fully saturated rings. The first-order valence-corrected chi connectivity index (χ1v) is 8.49. The molecular weight excluding hydrogens is 350 g/mol. The molecule has 0 saturated carbocycles. The summed E-state index contributed by atoms with van der Waals surface area (Å²) in [4.78, 5) is 36.2. The van der Waals surface area contributed by atoms with Crippen molar-refractivity contribution in [2.45, 2.75) is 12.8 Å². The van der Waals surface area contributed by atoms with Crippen LogP contribution in [0.5, 0.6) is 5.75 Å². The third-order valence-corrected chi connectivity index (χ3v) is 4.37. The molecule has 8 heteroatoms. The summed E-state index contributed by atoms with van der Waals surface area (Å²) < 4.78 is 5.29. The zero-order valence-electron chi connectivity index (χ0n) is 14.8. The van der Waals surface area contributed by atoms with Crippen molar-refractivity contribution in [3.63, 3.8) is 0 Å². The lowest BCUT2D eigenvalue weighted by atomic mass is 10.0. The van der Waals surface area contributed by atoms with Gasteiger partial charge in [-0.25, -0.2) is 0 Å². The van der Waals surface area contributed by atoms with Gasteiger partial charge in [-0.3, -0.25) is 24.6 Å². The number of nitro groups is 1. The standard InChI is InChI=1S/C19H19N3O5/c1-13(14-5-3-2-4-6-14)10-20-18(23)11-21-16-9-15(22(25)26)7-8-17(16)27-12-19(21)24/h2-9,13H,10-12H2,1H3,(H,20,23). The van der Waals surface area contributed by atoms with Crippen molar-refractivity contribution in [3.8, 4) is 5.75 Å². The van der Waals surface area contributed by atoms with Gasteiger partial charge in [-0.15, -0.1) is 0 Å². The molecule has 0 aliphatic carbocycles. The summed E-state index contributed by atoms with van der Waals surface area (Å²) in [5, 5.41) is 13.8. The highest BCUT2D eigenvalue weighted by Gasteiger charge is 2.29. The Kier molecular flexibility index (Phi) is 5.35. The van der Waals surface area contributed by atoms with E-state index in [1.54, 1.807) is 0 Å². The molecule has 0 radical (unpaired) electrons. The van der Waals surface area contributed by atoms with E-state index in [4.69, 9.17) is 4.74 Å². The highest BCUT2D eigenvalue weighted by atomic mass is 16.6. The molecule has 1 atom stereocenters. The number of amides is 2. The molecule has 8 nitrogen and oxygen atoms in total. The van der Waals surface area contributed by atoms with Crippen LogP contribution < -0.4 is 15.0 Å². The van der Waals surface area contributed by atoms with Crippen LogP contribution in [0, 0.1) is 10.1 Å². The lowest BCUT2D eigenvalue weighted by Crippen LogP contribution is -2.45. The summed E-state index contributed by atoms with van der Waals surface area (Å²) in [5.41, 5.74) is 1.16. The Bertz CT molecular complexity index is 869. The summed E-state index contributed by atoms with van der Waals surface area (Å²) >= 11 is 0. The molecule has 3 rings (SSSR count). The molecule has 0 bridgehead atoms. The number of hydrogen-bond acceptors (Lipinski definition) is 5. The Morgan fingerprint density at radius 2 is 2.04 bits per heavy atom. The maximum Gasteiger partial charge on any atom is 0.271 e. The third-order valence-electron chi connectivity index (χ3n) is 4.37. The Labute approximate surface area is 155 Å². The van der Waals surface area contributed by atoms with Crippen molar-refractivity contribution in [2.24, 2.45) is 0 Å². The van der Waals surface area contributed by atoms with Gasteiger partial charge in [0.15, 0.2) is 6.61 Å². The topological polar surface area (TPSA) is 102 Å². The maximum atomic E-state index is 12.3. The lowest BCUT2D eigenvalue weighted by molar-refractivity contribution is -0.384. The first-order chi connectivity index (χ1) is 13.0. The molecule has 2 aromatic carbocycles. The number of benzene rings is 2. The van der Waals surface area contributed by atoms with Gasteiger partial charge in [-0.2, -0.15) is 0 Å². The zero-order chi connectivity index (χ0) is 19.4. The molecule has 1 heterocycles. The van der Waals surface area contributed by atoms with Gasteiger partial charge in [0, 0.05) is 18.7 Å². The van der Waals surface area contributed by atoms with Crippen molar-refractivity contribution in [2.75, 3.05) is 24.6 Å². The van der Waals surface area contributed by atoms with E-state index >= 15 is 0 Å². The molecule has 0 spiro atoms. The molecule has 0 saturated heterocycles. The van der Waals surface area contributed by atoms with Gasteiger partial charge in [-0.05, 0) is 17.5 Å². The van der Waals surface area contributed by atoms with Gasteiger partial charge in [0.2, 0.25) is 5.91 Å². The normalized spacial score (nSPS) is 14.1. The number of nitrogens with one attached hydrogen (secondary N) is 1. The number of nitro benzene ring substituents is 1. The number of carbonyl (C=O) groups excluding carboxylic acids is 2. The average Bonchev–Trinajstić information content (AvgIpc) is 2.68. The summed E-state index contributed by atoms with van der Waals surface area (Å²) in [6.07, 6.45) is 0. The summed E-state index contributed by atoms with van der Waals surface area (Å²) in [6, 6.07) is 13.7. The molecule has 1 aliphatic heterocycles. The van der Waals surface area contributed by atoms with Crippen LogP contribution in [0.3, 0.4) is 0 Å². The Hall–Kier alpha value is -3.42. The van der Waals surface area contributed by atoms with E-state index in [0.717, 1.165) is 5.56 Å². The number of fused-ring (bicyclic) bond motifs is 1. The van der Waals surface area contributed by atoms with Crippen LogP contribution in [0.25, 0.3) is 0 Å². The summed E-state index contributed by atoms with van der Waals surface area (Å²) in [7, 11) is 0. The first-order valence-electron chi connectivity index (χ1n) is 8.49. The monoisotopic (exact) mass is 369 g/mol. The average molecular weight is 369 g/mol. The molecule has 2 aromatic rings. The van der Waals surface area contributed by atoms with Crippen molar-refractivity contribution in [1.82, 2.24) is 5.32 Å². The molecular formula is C19H19N3O5. The van der Waals surface area contributed by atoms with Gasteiger partial charge < -0.3 is 10.1 Å². The molecule has 140 valence electrons. The molecule has 0 aromatic heterocycles. The van der Waals surface area contributed by atoms with Crippen molar-refractivity contribution < 1.29 is 19.2 Å². The fourth-order valence-corrected chi connectivity index (χ4v) is 2.84. The van der Waals surface area contributed by atoms with E-state index in [1.807, 2.05) is 37.3 Å². The Morgan fingerprint density at radius 3 is 2.74 bits per heavy atom. The van der Waals surface area contributed by atoms with Crippen LogP contribution in [-0.2, 0) is 9.59 Å². The largest absolute Gasteiger partial charge is 0.482 e. The highest BCUT2D eigenvalue weighted by Crippen LogP contribution is 2.35. The minimum Gasteiger partial charge on any atom is -0.482 e. The Balaban J connectivity index is 1.68. The first kappa shape index (κ1) is 18.4. The van der Waals surface area contributed by atoms with Crippen LogP contribution >= 0.6 is 0 Å². The SMILES string of the molecule is CC(CNC(=O)CN1C(=O)COc2ccc([N+](=O)[O-])cc21)c1ccccc1. The van der Waals surface area contributed by atoms with Gasteiger partial charge >= 0.3 is 0 Å². The molecule has 1 N–H and O–H groups in total. The number of carbonyl (C=O) groups is 2. The van der Waals surface area contributed by atoms with Crippen molar-refractivity contribution in [1.29, 1.82) is 0 Å². The second-order valence-electron chi connectivity index (χ2n) is 6.29. The van der Waals surface area contributed by atoms with Crippen molar-refractivity contribution >= 4 is 23.2 Å². The number of rotatable bonds is 6. The minimum absolute atomic E-state index is 0.115. The van der Waals surface area contributed by atoms with Crippen LogP contribution in [0.2, 0.25) is 0 Å². The third kappa shape index (κ3) is 4.22. The fourth-order valence-electron chi connectivity index (χ4n) is 2.84. The maximum absolute atomic E-state index is 12.3. The van der Waals surface area contributed by atoms with E-state index < -0.39 is 10.8 Å². The van der Waals surface area contributed by atoms with Gasteiger partial charge in [0.25, 0.3) is 11.6 Å². The fraction of sp³-hybridized carbons (Fsp3) is 0.263. The zero-order valence-corrected chi connectivity index (χ0v) is 14.8. The van der Waals surface area contributed by atoms with Crippen LogP contribution in [0.15, 0.2) is 48.5 Å². The molecule has 1 aliphatic rings. The number of hydrogen-bond donors (Lipinski definition) is 1. The number of nitrogens with zero attached hydrogens (tertiary/aromatic N) is 2. The van der Waals surface area contributed by atoms with Crippen LogP contribution in [-0.4, -0.2) is 36.4 Å². The Morgan fingerprint density at radius 1 is 1.30 bits per heavy atom. The minimum atomic E-state index is -0.556. The number of ether oxygens (including phenoxy) is 1. The van der Waals surface area contributed by atoms with E-state index in [9.17, 15) is 19.7 Å². The van der Waals surface area contributed by atoms with Gasteiger partial charge in [0.1, 0.15) is 12.3 Å². The molecule has 2 amide bonds. The highest BCUT2D eigenvalue weighted by molar-refractivity contribution is 6.02. The number of non-ortho nitro benzene ring substituents is 1. The summed E-state index contributed by atoms with van der Waals surface area (Å²) in [5.74, 6) is -0.311. The predicted octanol–water partition coefficient (Wildman–Crippen LogP) is 2.24.